The maximum atomic E-state index is 12.4. The van der Waals surface area contributed by atoms with Crippen LogP contribution in [0.5, 0.6) is 0 Å². The number of rotatable bonds is 6. The van der Waals surface area contributed by atoms with Crippen LogP contribution in [0.15, 0.2) is 24.3 Å². The minimum atomic E-state index is -0.778. The van der Waals surface area contributed by atoms with E-state index in [1.54, 1.807) is 29.2 Å². The van der Waals surface area contributed by atoms with E-state index in [1.165, 1.54) is 0 Å². The number of likely N-dealkylation sites (tertiary alicyclic amines) is 1. The van der Waals surface area contributed by atoms with Gasteiger partial charge in [-0.15, -0.1) is 0 Å². The van der Waals surface area contributed by atoms with Crippen LogP contribution in [0.4, 0.5) is 4.79 Å². The van der Waals surface area contributed by atoms with Gasteiger partial charge in [0.25, 0.3) is 5.91 Å². The molecule has 1 saturated heterocycles. The molecule has 3 N–H and O–H groups in total. The third kappa shape index (κ3) is 5.85. The zero-order valence-electron chi connectivity index (χ0n) is 15.6. The number of piperidine rings is 1. The summed E-state index contributed by atoms with van der Waals surface area (Å²) in [7, 11) is 0. The van der Waals surface area contributed by atoms with Gasteiger partial charge in [-0.1, -0.05) is 29.8 Å². The van der Waals surface area contributed by atoms with Crippen LogP contribution in [0, 0.1) is 0 Å². The molecule has 0 bridgehead atoms. The standard InChI is InChI=1S/C19H26ClN3O4/c1-12-6-5-7-13(2)23(12)17(24)11-27-18(25)10-16(22-19(21)26)14-8-3-4-9-15(14)20/h3-4,8-9,12-13,16H,5-7,10-11H2,1-2H3,(H3,21,22,26). The summed E-state index contributed by atoms with van der Waals surface area (Å²) in [5, 5.41) is 2.89. The fourth-order valence-corrected chi connectivity index (χ4v) is 3.79. The van der Waals surface area contributed by atoms with Gasteiger partial charge in [0.05, 0.1) is 12.5 Å². The van der Waals surface area contributed by atoms with Crippen molar-refractivity contribution in [2.24, 2.45) is 5.73 Å². The number of ether oxygens (including phenoxy) is 1. The molecular weight excluding hydrogens is 370 g/mol. The number of nitrogens with two attached hydrogens (primary N) is 1. The fraction of sp³-hybridized carbons (Fsp3) is 0.526. The predicted octanol–water partition coefficient (Wildman–Crippen LogP) is 2.77. The minimum Gasteiger partial charge on any atom is -0.455 e. The van der Waals surface area contributed by atoms with Gasteiger partial charge in [-0.3, -0.25) is 9.59 Å². The molecule has 0 spiro atoms. The van der Waals surface area contributed by atoms with Gasteiger partial charge in [0.2, 0.25) is 0 Å². The molecule has 3 unspecified atom stereocenters. The van der Waals surface area contributed by atoms with Gasteiger partial charge < -0.3 is 20.7 Å². The smallest absolute Gasteiger partial charge is 0.312 e. The number of primary amides is 1. The summed E-state index contributed by atoms with van der Waals surface area (Å²) in [4.78, 5) is 37.7. The fourth-order valence-electron chi connectivity index (χ4n) is 3.52. The van der Waals surface area contributed by atoms with Crippen LogP contribution in [-0.4, -0.2) is 41.5 Å². The van der Waals surface area contributed by atoms with Crippen LogP contribution in [0.25, 0.3) is 0 Å². The molecule has 1 heterocycles. The van der Waals surface area contributed by atoms with Gasteiger partial charge >= 0.3 is 12.0 Å². The van der Waals surface area contributed by atoms with E-state index < -0.39 is 18.0 Å². The quantitative estimate of drug-likeness (QED) is 0.723. The number of urea groups is 1. The Hall–Kier alpha value is -2.28. The second kappa shape index (κ2) is 9.60. The number of carbonyl (C=O) groups is 3. The minimum absolute atomic E-state index is 0.132. The molecule has 7 nitrogen and oxygen atoms in total. The van der Waals surface area contributed by atoms with Crippen molar-refractivity contribution in [2.45, 2.75) is 57.7 Å². The number of nitrogens with zero attached hydrogens (tertiary/aromatic N) is 1. The number of carbonyl (C=O) groups excluding carboxylic acids is 3. The summed E-state index contributed by atoms with van der Waals surface area (Å²) >= 11 is 6.14. The van der Waals surface area contributed by atoms with Crippen molar-refractivity contribution in [1.29, 1.82) is 0 Å². The normalized spacial score (nSPS) is 20.6. The van der Waals surface area contributed by atoms with Crippen molar-refractivity contribution >= 4 is 29.5 Å². The first-order valence-electron chi connectivity index (χ1n) is 9.06. The van der Waals surface area contributed by atoms with Crippen LogP contribution in [0.1, 0.15) is 51.1 Å². The van der Waals surface area contributed by atoms with E-state index in [2.05, 4.69) is 5.32 Å². The highest BCUT2D eigenvalue weighted by Crippen LogP contribution is 2.26. The van der Waals surface area contributed by atoms with Crippen molar-refractivity contribution < 1.29 is 19.1 Å². The van der Waals surface area contributed by atoms with Crippen LogP contribution in [0.3, 0.4) is 0 Å². The first kappa shape index (κ1) is 21.0. The molecule has 3 atom stereocenters. The molecule has 0 radical (unpaired) electrons. The second-order valence-electron chi connectivity index (χ2n) is 6.88. The lowest BCUT2D eigenvalue weighted by Gasteiger charge is -2.38. The molecule has 1 fully saturated rings. The molecule has 1 aliphatic heterocycles. The van der Waals surface area contributed by atoms with Crippen molar-refractivity contribution in [2.75, 3.05) is 6.61 Å². The molecule has 27 heavy (non-hydrogen) atoms. The highest BCUT2D eigenvalue weighted by molar-refractivity contribution is 6.31. The Bertz CT molecular complexity index is 687. The highest BCUT2D eigenvalue weighted by Gasteiger charge is 2.29. The monoisotopic (exact) mass is 395 g/mol. The molecule has 0 aromatic heterocycles. The SMILES string of the molecule is CC1CCCC(C)N1C(=O)COC(=O)CC(NC(N)=O)c1ccccc1Cl. The number of halogens is 1. The Kier molecular flexibility index (Phi) is 7.47. The topological polar surface area (TPSA) is 102 Å². The molecule has 2 rings (SSSR count). The second-order valence-corrected chi connectivity index (χ2v) is 7.28. The van der Waals surface area contributed by atoms with Gasteiger partial charge in [-0.25, -0.2) is 4.79 Å². The molecule has 0 aliphatic carbocycles. The summed E-state index contributed by atoms with van der Waals surface area (Å²) in [5.41, 5.74) is 5.76. The number of esters is 1. The third-order valence-electron chi connectivity index (χ3n) is 4.81. The Morgan fingerprint density at radius 1 is 1.26 bits per heavy atom. The van der Waals surface area contributed by atoms with E-state index in [0.29, 0.717) is 10.6 Å². The van der Waals surface area contributed by atoms with Gasteiger partial charge in [0.1, 0.15) is 0 Å². The Labute approximate surface area is 164 Å². The van der Waals surface area contributed by atoms with Gasteiger partial charge in [-0.05, 0) is 44.7 Å². The number of amides is 3. The van der Waals surface area contributed by atoms with Crippen molar-refractivity contribution in [3.63, 3.8) is 0 Å². The van der Waals surface area contributed by atoms with E-state index in [1.807, 2.05) is 13.8 Å². The van der Waals surface area contributed by atoms with E-state index >= 15 is 0 Å². The highest BCUT2D eigenvalue weighted by atomic mass is 35.5. The lowest BCUT2D eigenvalue weighted by atomic mass is 9.97. The third-order valence-corrected chi connectivity index (χ3v) is 5.15. The van der Waals surface area contributed by atoms with E-state index in [4.69, 9.17) is 22.1 Å². The summed E-state index contributed by atoms with van der Waals surface area (Å²) < 4.78 is 5.16. The van der Waals surface area contributed by atoms with Crippen LogP contribution >= 0.6 is 11.6 Å². The molecular formula is C19H26ClN3O4. The van der Waals surface area contributed by atoms with Crippen LogP contribution in [0.2, 0.25) is 5.02 Å². The lowest BCUT2D eigenvalue weighted by Crippen LogP contribution is -2.49. The number of nitrogens with one attached hydrogen (secondary N) is 1. The van der Waals surface area contributed by atoms with Crippen molar-refractivity contribution in [3.8, 4) is 0 Å². The average Bonchev–Trinajstić information content (AvgIpc) is 2.59. The number of hydrogen-bond donors (Lipinski definition) is 2. The molecule has 0 saturated carbocycles. The predicted molar refractivity (Wildman–Crippen MR) is 102 cm³/mol. The molecule has 8 heteroatoms. The first-order chi connectivity index (χ1) is 12.8. The van der Waals surface area contributed by atoms with Gasteiger partial charge in [0.15, 0.2) is 6.61 Å². The largest absolute Gasteiger partial charge is 0.455 e. The Balaban J connectivity index is 1.96. The van der Waals surface area contributed by atoms with Gasteiger partial charge in [0, 0.05) is 17.1 Å². The first-order valence-corrected chi connectivity index (χ1v) is 9.44. The zero-order valence-corrected chi connectivity index (χ0v) is 16.4. The molecule has 1 aromatic carbocycles. The maximum absolute atomic E-state index is 12.4. The zero-order chi connectivity index (χ0) is 20.0. The van der Waals surface area contributed by atoms with Crippen LogP contribution in [-0.2, 0) is 14.3 Å². The van der Waals surface area contributed by atoms with Crippen molar-refractivity contribution in [1.82, 2.24) is 10.2 Å². The molecule has 3 amide bonds. The Morgan fingerprint density at radius 3 is 2.48 bits per heavy atom. The summed E-state index contributed by atoms with van der Waals surface area (Å²) in [6, 6.07) is 5.58. The van der Waals surface area contributed by atoms with Crippen LogP contribution < -0.4 is 11.1 Å². The number of hydrogen-bond acceptors (Lipinski definition) is 4. The van der Waals surface area contributed by atoms with Gasteiger partial charge in [-0.2, -0.15) is 0 Å². The maximum Gasteiger partial charge on any atom is 0.312 e. The molecule has 1 aliphatic rings. The van der Waals surface area contributed by atoms with E-state index in [9.17, 15) is 14.4 Å². The summed E-state index contributed by atoms with van der Waals surface area (Å²) in [6.45, 7) is 3.68. The Morgan fingerprint density at radius 2 is 1.89 bits per heavy atom. The molecule has 1 aromatic rings. The van der Waals surface area contributed by atoms with E-state index in [-0.39, 0.29) is 31.0 Å². The van der Waals surface area contributed by atoms with Crippen molar-refractivity contribution in [3.05, 3.63) is 34.9 Å². The van der Waals surface area contributed by atoms with E-state index in [0.717, 1.165) is 19.3 Å². The number of benzene rings is 1. The molecule has 148 valence electrons. The summed E-state index contributed by atoms with van der Waals surface area (Å²) in [6.07, 6.45) is 2.80. The summed E-state index contributed by atoms with van der Waals surface area (Å²) in [5.74, 6) is -0.820. The lowest BCUT2D eigenvalue weighted by molar-refractivity contribution is -0.155. The average molecular weight is 396 g/mol.